The number of carbonyl (C=O) groups excluding carboxylic acids is 2. The maximum atomic E-state index is 14.2. The summed E-state index contributed by atoms with van der Waals surface area (Å²) in [4.78, 5) is 28.7. The Kier molecular flexibility index (Phi) is 10.2. The number of hydrogen-bond acceptors (Lipinski definition) is 4. The van der Waals surface area contributed by atoms with Crippen LogP contribution in [0, 0.1) is 5.82 Å². The molecule has 1 atom stereocenters. The Balaban J connectivity index is 1.79. The third-order valence-electron chi connectivity index (χ3n) is 6.58. The number of sulfonamides is 1. The molecule has 0 aliphatic carbocycles. The van der Waals surface area contributed by atoms with E-state index in [1.165, 1.54) is 36.2 Å². The minimum Gasteiger partial charge on any atom is -0.357 e. The summed E-state index contributed by atoms with van der Waals surface area (Å²) in [5.74, 6) is -1.66. The Labute approximate surface area is 254 Å². The van der Waals surface area contributed by atoms with E-state index < -0.39 is 40.2 Å². The van der Waals surface area contributed by atoms with Gasteiger partial charge < -0.3 is 10.2 Å². The van der Waals surface area contributed by atoms with Gasteiger partial charge in [-0.1, -0.05) is 77.8 Å². The topological polar surface area (TPSA) is 86.8 Å². The quantitative estimate of drug-likeness (QED) is 0.231. The van der Waals surface area contributed by atoms with E-state index in [-0.39, 0.29) is 28.6 Å². The van der Waals surface area contributed by atoms with E-state index in [1.807, 2.05) is 30.3 Å². The second-order valence-electron chi connectivity index (χ2n) is 9.39. The molecule has 4 aromatic carbocycles. The predicted octanol–water partition coefficient (Wildman–Crippen LogP) is 5.71. The molecule has 0 saturated carbocycles. The van der Waals surface area contributed by atoms with Crippen LogP contribution < -0.4 is 9.62 Å². The van der Waals surface area contributed by atoms with Gasteiger partial charge in [-0.2, -0.15) is 0 Å². The smallest absolute Gasteiger partial charge is 0.264 e. The van der Waals surface area contributed by atoms with E-state index >= 15 is 0 Å². The molecule has 0 spiro atoms. The molecule has 0 unspecified atom stereocenters. The molecule has 2 amide bonds. The molecule has 0 radical (unpaired) electrons. The molecule has 218 valence electrons. The highest BCUT2D eigenvalue weighted by Gasteiger charge is 2.34. The van der Waals surface area contributed by atoms with E-state index in [4.69, 9.17) is 23.2 Å². The lowest BCUT2D eigenvalue weighted by atomic mass is 10.0. The molecule has 11 heteroatoms. The van der Waals surface area contributed by atoms with Gasteiger partial charge in [-0.15, -0.1) is 0 Å². The van der Waals surface area contributed by atoms with Crippen molar-refractivity contribution >= 4 is 50.7 Å². The monoisotopic (exact) mass is 627 g/mol. The van der Waals surface area contributed by atoms with Gasteiger partial charge in [0.2, 0.25) is 11.8 Å². The Hall–Kier alpha value is -3.92. The average molecular weight is 629 g/mol. The second-order valence-corrected chi connectivity index (χ2v) is 12.1. The Morgan fingerprint density at radius 2 is 1.45 bits per heavy atom. The molecule has 0 fully saturated rings. The number of nitrogens with zero attached hydrogens (tertiary/aromatic N) is 2. The largest absolute Gasteiger partial charge is 0.357 e. The lowest BCUT2D eigenvalue weighted by Crippen LogP contribution is -2.53. The lowest BCUT2D eigenvalue weighted by Gasteiger charge is -2.33. The molecule has 7 nitrogen and oxygen atoms in total. The number of likely N-dealkylation sites (N-methyl/N-ethyl adjacent to an activating group) is 1. The number of hydrogen-bond donors (Lipinski definition) is 1. The van der Waals surface area contributed by atoms with Crippen molar-refractivity contribution in [3.63, 3.8) is 0 Å². The fraction of sp³-hybridized carbons (Fsp3) is 0.161. The number of carbonyl (C=O) groups is 2. The highest BCUT2D eigenvalue weighted by molar-refractivity contribution is 7.92. The minimum atomic E-state index is -4.27. The third kappa shape index (κ3) is 7.47. The van der Waals surface area contributed by atoms with E-state index in [1.54, 1.807) is 36.4 Å². The highest BCUT2D eigenvalue weighted by atomic mass is 35.5. The number of rotatable bonds is 11. The van der Waals surface area contributed by atoms with E-state index in [2.05, 4.69) is 5.32 Å². The summed E-state index contributed by atoms with van der Waals surface area (Å²) in [6.07, 6.45) is 0.162. The lowest BCUT2D eigenvalue weighted by molar-refractivity contribution is -0.139. The van der Waals surface area contributed by atoms with Crippen LogP contribution in [0.4, 0.5) is 10.1 Å². The number of amides is 2. The molecule has 0 aromatic heterocycles. The highest BCUT2D eigenvalue weighted by Crippen LogP contribution is 2.27. The van der Waals surface area contributed by atoms with Gasteiger partial charge in [0.1, 0.15) is 18.4 Å². The van der Waals surface area contributed by atoms with E-state index in [0.29, 0.717) is 10.6 Å². The fourth-order valence-corrected chi connectivity index (χ4v) is 6.17. The zero-order valence-corrected chi connectivity index (χ0v) is 24.9. The van der Waals surface area contributed by atoms with Gasteiger partial charge in [0.15, 0.2) is 0 Å². The van der Waals surface area contributed by atoms with Crippen LogP contribution in [0.15, 0.2) is 108 Å². The normalized spacial score (nSPS) is 11.9. The Morgan fingerprint density at radius 3 is 2.05 bits per heavy atom. The van der Waals surface area contributed by atoms with Gasteiger partial charge in [0, 0.05) is 20.0 Å². The molecule has 0 aliphatic rings. The molecule has 4 rings (SSSR count). The van der Waals surface area contributed by atoms with Crippen LogP contribution in [0.2, 0.25) is 10.0 Å². The Morgan fingerprint density at radius 1 is 0.833 bits per heavy atom. The first-order valence-electron chi connectivity index (χ1n) is 12.9. The van der Waals surface area contributed by atoms with Crippen molar-refractivity contribution in [2.24, 2.45) is 0 Å². The molecular weight excluding hydrogens is 600 g/mol. The van der Waals surface area contributed by atoms with Crippen LogP contribution in [0.25, 0.3) is 0 Å². The van der Waals surface area contributed by atoms with Crippen molar-refractivity contribution in [1.29, 1.82) is 0 Å². The molecule has 0 aliphatic heterocycles. The summed E-state index contributed by atoms with van der Waals surface area (Å²) in [5.41, 5.74) is 1.46. The van der Waals surface area contributed by atoms with Crippen molar-refractivity contribution in [3.05, 3.63) is 130 Å². The van der Waals surface area contributed by atoms with Crippen molar-refractivity contribution in [1.82, 2.24) is 10.2 Å². The molecule has 0 bridgehead atoms. The third-order valence-corrected chi connectivity index (χ3v) is 9.11. The van der Waals surface area contributed by atoms with Gasteiger partial charge in [-0.25, -0.2) is 12.8 Å². The summed E-state index contributed by atoms with van der Waals surface area (Å²) in [6, 6.07) is 25.4. The summed E-state index contributed by atoms with van der Waals surface area (Å²) >= 11 is 12.4. The molecule has 1 N–H and O–H groups in total. The maximum Gasteiger partial charge on any atom is 0.264 e. The summed E-state index contributed by atoms with van der Waals surface area (Å²) in [6.45, 7) is -0.726. The molecule has 0 heterocycles. The summed E-state index contributed by atoms with van der Waals surface area (Å²) in [7, 11) is -2.80. The van der Waals surface area contributed by atoms with Crippen LogP contribution in [-0.4, -0.2) is 44.8 Å². The zero-order chi connectivity index (χ0) is 30.3. The standard InChI is InChI=1S/C31H28Cl2FN3O4S/c1-35-31(39)29(19-22-8-4-2-5-9-22)36(20-23-12-17-27(32)28(33)18-23)30(38)21-37(25-15-13-24(34)14-16-25)42(40,41)26-10-6-3-7-11-26/h2-18,29H,19-21H2,1H3,(H,35,39)/t29-/m1/s1. The molecule has 4 aromatic rings. The maximum absolute atomic E-state index is 14.2. The summed E-state index contributed by atoms with van der Waals surface area (Å²) in [5, 5.41) is 3.21. The number of anilines is 1. The van der Waals surface area contributed by atoms with Gasteiger partial charge >= 0.3 is 0 Å². The number of halogens is 3. The SMILES string of the molecule is CNC(=O)[C@@H](Cc1ccccc1)N(Cc1ccc(Cl)c(Cl)c1)C(=O)CN(c1ccc(F)cc1)S(=O)(=O)c1ccccc1. The molecular formula is C31H28Cl2FN3O4S. The fourth-order valence-electron chi connectivity index (χ4n) is 4.41. The first-order valence-corrected chi connectivity index (χ1v) is 15.1. The van der Waals surface area contributed by atoms with Crippen molar-refractivity contribution in [2.75, 3.05) is 17.9 Å². The van der Waals surface area contributed by atoms with Crippen LogP contribution in [0.3, 0.4) is 0 Å². The van der Waals surface area contributed by atoms with Crippen LogP contribution in [-0.2, 0) is 32.6 Å². The Bertz CT molecular complexity index is 1640. The van der Waals surface area contributed by atoms with Crippen molar-refractivity contribution in [3.8, 4) is 0 Å². The van der Waals surface area contributed by atoms with Crippen LogP contribution in [0.1, 0.15) is 11.1 Å². The number of benzene rings is 4. The molecule has 0 saturated heterocycles. The predicted molar refractivity (Wildman–Crippen MR) is 162 cm³/mol. The van der Waals surface area contributed by atoms with Crippen LogP contribution in [0.5, 0.6) is 0 Å². The van der Waals surface area contributed by atoms with Crippen molar-refractivity contribution < 1.29 is 22.4 Å². The number of nitrogens with one attached hydrogen (secondary N) is 1. The van der Waals surface area contributed by atoms with E-state index in [0.717, 1.165) is 22.0 Å². The van der Waals surface area contributed by atoms with Crippen molar-refractivity contribution in [2.45, 2.75) is 23.9 Å². The van der Waals surface area contributed by atoms with Gasteiger partial charge in [0.25, 0.3) is 10.0 Å². The van der Waals surface area contributed by atoms with Gasteiger partial charge in [0.05, 0.1) is 20.6 Å². The average Bonchev–Trinajstić information content (AvgIpc) is 3.00. The first kappa shape index (κ1) is 31.0. The van der Waals surface area contributed by atoms with Gasteiger partial charge in [-0.3, -0.25) is 13.9 Å². The summed E-state index contributed by atoms with van der Waals surface area (Å²) < 4.78 is 42.3. The van der Waals surface area contributed by atoms with E-state index in [9.17, 15) is 22.4 Å². The second kappa shape index (κ2) is 13.8. The molecule has 42 heavy (non-hydrogen) atoms. The first-order chi connectivity index (χ1) is 20.1. The van der Waals surface area contributed by atoms with Gasteiger partial charge in [-0.05, 0) is 59.7 Å². The zero-order valence-electron chi connectivity index (χ0n) is 22.6. The van der Waals surface area contributed by atoms with Crippen LogP contribution >= 0.6 is 23.2 Å². The minimum absolute atomic E-state index is 0.0507.